The van der Waals surface area contributed by atoms with E-state index in [0.29, 0.717) is 44.5 Å². The maximum Gasteiger partial charge on any atom is 0.322 e. The number of carbonyl (C=O) groups is 1. The van der Waals surface area contributed by atoms with E-state index in [4.69, 9.17) is 9.72 Å². The zero-order valence-electron chi connectivity index (χ0n) is 20.1. The van der Waals surface area contributed by atoms with Crippen molar-refractivity contribution in [3.8, 4) is 11.3 Å². The van der Waals surface area contributed by atoms with E-state index in [1.807, 2.05) is 30.3 Å². The van der Waals surface area contributed by atoms with E-state index in [0.717, 1.165) is 35.6 Å². The molecule has 0 unspecified atom stereocenters. The minimum absolute atomic E-state index is 0.0505. The Morgan fingerprint density at radius 3 is 2.61 bits per heavy atom. The molecule has 3 aromatic rings. The van der Waals surface area contributed by atoms with Crippen molar-refractivity contribution in [2.45, 2.75) is 19.0 Å². The summed E-state index contributed by atoms with van der Waals surface area (Å²) in [6.07, 6.45) is 3.36. The van der Waals surface area contributed by atoms with Crippen molar-refractivity contribution >= 4 is 28.4 Å². The van der Waals surface area contributed by atoms with Crippen LogP contribution < -0.4 is 15.5 Å². The fourth-order valence-electron chi connectivity index (χ4n) is 4.49. The van der Waals surface area contributed by atoms with Gasteiger partial charge in [0.2, 0.25) is 0 Å². The number of amides is 1. The van der Waals surface area contributed by atoms with Crippen molar-refractivity contribution in [2.24, 2.45) is 0 Å². The second kappa shape index (κ2) is 10.3. The van der Waals surface area contributed by atoms with E-state index < -0.39 is 11.8 Å². The van der Waals surface area contributed by atoms with Crippen LogP contribution >= 0.6 is 0 Å². The van der Waals surface area contributed by atoms with Crippen LogP contribution in [0.15, 0.2) is 42.7 Å². The summed E-state index contributed by atoms with van der Waals surface area (Å²) in [5, 5.41) is 6.70. The first-order valence-electron chi connectivity index (χ1n) is 12.1. The van der Waals surface area contributed by atoms with Crippen LogP contribution in [0.1, 0.15) is 6.92 Å². The second-order valence-electron chi connectivity index (χ2n) is 9.07. The van der Waals surface area contributed by atoms with Crippen molar-refractivity contribution in [3.05, 3.63) is 42.7 Å². The van der Waals surface area contributed by atoms with Gasteiger partial charge in [-0.2, -0.15) is 8.78 Å². The number of morpholine rings is 1. The van der Waals surface area contributed by atoms with E-state index in [9.17, 15) is 13.6 Å². The molecule has 36 heavy (non-hydrogen) atoms. The number of carbonyl (C=O) groups excluding carboxylic acids is 1. The van der Waals surface area contributed by atoms with Crippen LogP contribution in [0.2, 0.25) is 0 Å². The molecule has 9 nitrogen and oxygen atoms in total. The van der Waals surface area contributed by atoms with Crippen molar-refractivity contribution < 1.29 is 18.3 Å². The number of pyridine rings is 1. The van der Waals surface area contributed by atoms with E-state index in [1.54, 1.807) is 12.4 Å². The first kappa shape index (κ1) is 24.3. The van der Waals surface area contributed by atoms with Gasteiger partial charge in [0.25, 0.3) is 5.91 Å². The third kappa shape index (κ3) is 5.36. The molecule has 5 rings (SSSR count). The molecule has 1 amide bonds. The average molecular weight is 498 g/mol. The fraction of sp³-hybridized carbons (Fsp3) is 0.440. The van der Waals surface area contributed by atoms with E-state index in [1.165, 1.54) is 4.90 Å². The summed E-state index contributed by atoms with van der Waals surface area (Å²) in [6.45, 7) is 5.10. The Labute approximate surface area is 207 Å². The number of hydrogen-bond donors (Lipinski definition) is 2. The summed E-state index contributed by atoms with van der Waals surface area (Å²) < 4.78 is 32.5. The largest absolute Gasteiger partial charge is 0.374 e. The number of aromatic nitrogens is 3. The maximum atomic E-state index is 13.4. The van der Waals surface area contributed by atoms with Crippen molar-refractivity contribution in [2.75, 3.05) is 62.6 Å². The van der Waals surface area contributed by atoms with Gasteiger partial charge in [0, 0.05) is 76.4 Å². The van der Waals surface area contributed by atoms with Crippen LogP contribution in [0.5, 0.6) is 0 Å². The third-order valence-electron chi connectivity index (χ3n) is 6.43. The van der Waals surface area contributed by atoms with Gasteiger partial charge < -0.3 is 25.2 Å². The highest BCUT2D eigenvalue weighted by atomic mass is 19.3. The highest BCUT2D eigenvalue weighted by molar-refractivity contribution is 5.88. The number of rotatable bonds is 6. The molecule has 2 N–H and O–H groups in total. The van der Waals surface area contributed by atoms with Crippen molar-refractivity contribution in [3.63, 3.8) is 0 Å². The quantitative estimate of drug-likeness (QED) is 0.536. The molecule has 2 aliphatic heterocycles. The van der Waals surface area contributed by atoms with Crippen LogP contribution in [0.3, 0.4) is 0 Å². The standard InChI is InChI=1S/C25H29F2N7O2/c1-25(26,27)24(35)34-11-9-33(10-12-34)18-4-2-17(3-5-18)20-14-21-22(30-7-6-29-21)23(32-20)31-16-19-15-28-8-13-36-19/h2-7,14,19,28H,8-13,15-16H2,1H3,(H,31,32)/t19-/m0/s1. The number of benzene rings is 1. The molecular weight excluding hydrogens is 468 g/mol. The first-order chi connectivity index (χ1) is 17.4. The normalized spacial score (nSPS) is 18.9. The van der Waals surface area contributed by atoms with Gasteiger partial charge in [-0.25, -0.2) is 9.97 Å². The molecule has 0 radical (unpaired) electrons. The Kier molecular flexibility index (Phi) is 6.92. The van der Waals surface area contributed by atoms with Crippen LogP contribution in [0.4, 0.5) is 20.3 Å². The number of alkyl halides is 2. The second-order valence-corrected chi connectivity index (χ2v) is 9.07. The molecule has 2 saturated heterocycles. The number of fused-ring (bicyclic) bond motifs is 1. The maximum absolute atomic E-state index is 13.4. The molecule has 0 bridgehead atoms. The lowest BCUT2D eigenvalue weighted by molar-refractivity contribution is -0.155. The molecule has 2 fully saturated rings. The molecular formula is C25H29F2N7O2. The Bertz CT molecular complexity index is 1210. The Hall–Kier alpha value is -3.44. The number of hydrogen-bond acceptors (Lipinski definition) is 8. The Morgan fingerprint density at radius 1 is 1.17 bits per heavy atom. The van der Waals surface area contributed by atoms with Gasteiger partial charge in [-0.3, -0.25) is 9.78 Å². The summed E-state index contributed by atoms with van der Waals surface area (Å²) in [5.74, 6) is -3.80. The first-order valence-corrected chi connectivity index (χ1v) is 12.1. The molecule has 190 valence electrons. The van der Waals surface area contributed by atoms with Gasteiger partial charge in [-0.15, -0.1) is 0 Å². The lowest BCUT2D eigenvalue weighted by atomic mass is 10.1. The summed E-state index contributed by atoms with van der Waals surface area (Å²) in [5.41, 5.74) is 4.09. The molecule has 4 heterocycles. The van der Waals surface area contributed by atoms with Gasteiger partial charge in [-0.1, -0.05) is 12.1 Å². The Balaban J connectivity index is 1.30. The third-order valence-corrected chi connectivity index (χ3v) is 6.43. The predicted molar refractivity (Wildman–Crippen MR) is 133 cm³/mol. The zero-order valence-corrected chi connectivity index (χ0v) is 20.1. The molecule has 11 heteroatoms. The Morgan fingerprint density at radius 2 is 1.92 bits per heavy atom. The van der Waals surface area contributed by atoms with Gasteiger partial charge >= 0.3 is 5.92 Å². The smallest absolute Gasteiger partial charge is 0.322 e. The number of nitrogens with zero attached hydrogens (tertiary/aromatic N) is 5. The minimum atomic E-state index is -3.34. The van der Waals surface area contributed by atoms with Crippen LogP contribution in [-0.2, 0) is 9.53 Å². The number of halogens is 2. The summed E-state index contributed by atoms with van der Waals surface area (Å²) in [7, 11) is 0. The SMILES string of the molecule is CC(F)(F)C(=O)N1CCN(c2ccc(-c3cc4nccnc4c(NC[C@@H]4CNCCO4)n3)cc2)CC1. The molecule has 1 atom stereocenters. The molecule has 0 saturated carbocycles. The summed E-state index contributed by atoms with van der Waals surface area (Å²) in [4.78, 5) is 28.9. The average Bonchev–Trinajstić information content (AvgIpc) is 2.91. The number of ether oxygens (including phenoxy) is 1. The monoisotopic (exact) mass is 497 g/mol. The minimum Gasteiger partial charge on any atom is -0.374 e. The highest BCUT2D eigenvalue weighted by Gasteiger charge is 2.37. The molecule has 0 aliphatic carbocycles. The number of anilines is 2. The summed E-state index contributed by atoms with van der Waals surface area (Å²) >= 11 is 0. The number of nitrogens with one attached hydrogen (secondary N) is 2. The lowest BCUT2D eigenvalue weighted by Gasteiger charge is -2.37. The topological polar surface area (TPSA) is 95.5 Å². The van der Waals surface area contributed by atoms with Crippen molar-refractivity contribution in [1.82, 2.24) is 25.2 Å². The van der Waals surface area contributed by atoms with Gasteiger partial charge in [0.15, 0.2) is 5.82 Å². The van der Waals surface area contributed by atoms with Gasteiger partial charge in [-0.05, 0) is 18.2 Å². The highest BCUT2D eigenvalue weighted by Crippen LogP contribution is 2.28. The molecule has 0 spiro atoms. The molecule has 1 aromatic carbocycles. The van der Waals surface area contributed by atoms with E-state index in [-0.39, 0.29) is 19.2 Å². The summed E-state index contributed by atoms with van der Waals surface area (Å²) in [6, 6.07) is 9.85. The number of piperazine rings is 1. The predicted octanol–water partition coefficient (Wildman–Crippen LogP) is 2.40. The molecule has 2 aromatic heterocycles. The van der Waals surface area contributed by atoms with E-state index in [2.05, 4.69) is 25.5 Å². The fourth-order valence-corrected chi connectivity index (χ4v) is 4.49. The van der Waals surface area contributed by atoms with Gasteiger partial charge in [0.1, 0.15) is 5.52 Å². The lowest BCUT2D eigenvalue weighted by Crippen LogP contribution is -2.52. The zero-order chi connectivity index (χ0) is 25.1. The van der Waals surface area contributed by atoms with Gasteiger partial charge in [0.05, 0.1) is 23.9 Å². The van der Waals surface area contributed by atoms with Crippen LogP contribution in [-0.4, -0.2) is 90.2 Å². The van der Waals surface area contributed by atoms with Crippen LogP contribution in [0.25, 0.3) is 22.3 Å². The van der Waals surface area contributed by atoms with E-state index >= 15 is 0 Å². The molecule has 2 aliphatic rings. The van der Waals surface area contributed by atoms with Crippen molar-refractivity contribution in [1.29, 1.82) is 0 Å². The van der Waals surface area contributed by atoms with Crippen LogP contribution in [0, 0.1) is 0 Å².